The Morgan fingerprint density at radius 1 is 1.10 bits per heavy atom. The minimum Gasteiger partial charge on any atom is -0.465 e. The molecule has 0 aromatic carbocycles. The molecule has 0 spiro atoms. The summed E-state index contributed by atoms with van der Waals surface area (Å²) in [5.74, 6) is -0.158. The molecule has 0 saturated carbocycles. The maximum absolute atomic E-state index is 12.9. The van der Waals surface area contributed by atoms with Gasteiger partial charge in [-0.15, -0.1) is 0 Å². The predicted octanol–water partition coefficient (Wildman–Crippen LogP) is 1.08. The van der Waals surface area contributed by atoms with Crippen LogP contribution >= 0.6 is 0 Å². The average molecular weight is 435 g/mol. The molecule has 2 fully saturated rings. The molecule has 2 saturated heterocycles. The molecule has 3 heterocycles. The first-order valence-electron chi connectivity index (χ1n) is 11.0. The number of rotatable bonds is 7. The van der Waals surface area contributed by atoms with Gasteiger partial charge in [0.1, 0.15) is 0 Å². The quantitative estimate of drug-likeness (QED) is 0.596. The second-order valence-electron chi connectivity index (χ2n) is 8.71. The minimum absolute atomic E-state index is 0.0716. The number of hydrogen-bond acceptors (Lipinski definition) is 6. The number of piperidine rings is 1. The Kier molecular flexibility index (Phi) is 7.69. The van der Waals surface area contributed by atoms with Crippen LogP contribution in [0.4, 0.5) is 0 Å². The SMILES string of the molecule is CC(=O)OCC1(CC(=O)N2CCOCC2)CCN(C(=O)CCc2cnn(C)c2C)CC1. The third-order valence-corrected chi connectivity index (χ3v) is 6.59. The van der Waals surface area contributed by atoms with Crippen molar-refractivity contribution in [2.45, 2.75) is 46.0 Å². The van der Waals surface area contributed by atoms with Gasteiger partial charge in [0.2, 0.25) is 11.8 Å². The molecule has 2 aliphatic rings. The first-order chi connectivity index (χ1) is 14.8. The van der Waals surface area contributed by atoms with E-state index < -0.39 is 5.41 Å². The summed E-state index contributed by atoms with van der Waals surface area (Å²) >= 11 is 0. The largest absolute Gasteiger partial charge is 0.465 e. The molecule has 0 atom stereocenters. The van der Waals surface area contributed by atoms with Crippen LogP contribution in [0.1, 0.15) is 43.9 Å². The summed E-state index contributed by atoms with van der Waals surface area (Å²) in [5.41, 5.74) is 1.75. The van der Waals surface area contributed by atoms with Gasteiger partial charge in [-0.3, -0.25) is 19.1 Å². The fraction of sp³-hybridized carbons (Fsp3) is 0.727. The molecule has 0 N–H and O–H groups in total. The van der Waals surface area contributed by atoms with Crippen LogP contribution in [0.25, 0.3) is 0 Å². The summed E-state index contributed by atoms with van der Waals surface area (Å²) in [5, 5.41) is 4.23. The van der Waals surface area contributed by atoms with E-state index in [1.807, 2.05) is 34.6 Å². The maximum Gasteiger partial charge on any atom is 0.302 e. The fourth-order valence-corrected chi connectivity index (χ4v) is 4.29. The highest BCUT2D eigenvalue weighted by atomic mass is 16.5. The Morgan fingerprint density at radius 2 is 1.74 bits per heavy atom. The summed E-state index contributed by atoms with van der Waals surface area (Å²) in [7, 11) is 1.90. The Bertz CT molecular complexity index is 792. The highest BCUT2D eigenvalue weighted by Crippen LogP contribution is 2.36. The van der Waals surface area contributed by atoms with E-state index in [2.05, 4.69) is 5.10 Å². The van der Waals surface area contributed by atoms with Crippen molar-refractivity contribution in [3.8, 4) is 0 Å². The zero-order valence-electron chi connectivity index (χ0n) is 18.9. The molecule has 2 amide bonds. The van der Waals surface area contributed by atoms with Crippen molar-refractivity contribution < 1.29 is 23.9 Å². The average Bonchev–Trinajstić information content (AvgIpc) is 3.09. The third-order valence-electron chi connectivity index (χ3n) is 6.59. The Labute approximate surface area is 183 Å². The lowest BCUT2D eigenvalue weighted by molar-refractivity contribution is -0.152. The first-order valence-corrected chi connectivity index (χ1v) is 11.0. The normalized spacial score (nSPS) is 18.7. The number of aryl methyl sites for hydroxylation is 2. The third kappa shape index (κ3) is 6.06. The number of nitrogens with zero attached hydrogens (tertiary/aromatic N) is 4. The van der Waals surface area contributed by atoms with Gasteiger partial charge in [-0.25, -0.2) is 0 Å². The van der Waals surface area contributed by atoms with Crippen LogP contribution in [-0.4, -0.2) is 83.4 Å². The van der Waals surface area contributed by atoms with Crippen molar-refractivity contribution in [1.29, 1.82) is 0 Å². The maximum atomic E-state index is 12.9. The van der Waals surface area contributed by atoms with Crippen LogP contribution in [0.2, 0.25) is 0 Å². The second kappa shape index (κ2) is 10.3. The van der Waals surface area contributed by atoms with Crippen molar-refractivity contribution in [2.75, 3.05) is 46.0 Å². The van der Waals surface area contributed by atoms with E-state index in [4.69, 9.17) is 9.47 Å². The highest BCUT2D eigenvalue weighted by molar-refractivity contribution is 5.78. The molecule has 1 aromatic rings. The van der Waals surface area contributed by atoms with Crippen molar-refractivity contribution in [3.63, 3.8) is 0 Å². The molecular formula is C22H34N4O5. The second-order valence-corrected chi connectivity index (χ2v) is 8.71. The lowest BCUT2D eigenvalue weighted by atomic mass is 9.75. The van der Waals surface area contributed by atoms with Gasteiger partial charge in [0.25, 0.3) is 0 Å². The van der Waals surface area contributed by atoms with Gasteiger partial charge in [-0.2, -0.15) is 5.10 Å². The zero-order valence-corrected chi connectivity index (χ0v) is 18.9. The summed E-state index contributed by atoms with van der Waals surface area (Å²) < 4.78 is 12.5. The molecule has 3 rings (SSSR count). The molecule has 172 valence electrons. The van der Waals surface area contributed by atoms with E-state index in [-0.39, 0.29) is 24.4 Å². The molecule has 0 unspecified atom stereocenters. The van der Waals surface area contributed by atoms with Gasteiger partial charge in [-0.05, 0) is 31.7 Å². The van der Waals surface area contributed by atoms with Crippen molar-refractivity contribution in [1.82, 2.24) is 19.6 Å². The molecule has 0 bridgehead atoms. The van der Waals surface area contributed by atoms with E-state index in [9.17, 15) is 14.4 Å². The number of esters is 1. The van der Waals surface area contributed by atoms with Gasteiger partial charge in [-0.1, -0.05) is 0 Å². The van der Waals surface area contributed by atoms with E-state index >= 15 is 0 Å². The van der Waals surface area contributed by atoms with Gasteiger partial charge in [0.15, 0.2) is 0 Å². The van der Waals surface area contributed by atoms with Gasteiger partial charge in [0.05, 0.1) is 26.0 Å². The van der Waals surface area contributed by atoms with Gasteiger partial charge < -0.3 is 19.3 Å². The number of likely N-dealkylation sites (tertiary alicyclic amines) is 1. The van der Waals surface area contributed by atoms with Crippen LogP contribution in [0, 0.1) is 12.3 Å². The minimum atomic E-state index is -0.419. The van der Waals surface area contributed by atoms with E-state index in [0.29, 0.717) is 71.5 Å². The number of hydrogen-bond donors (Lipinski definition) is 0. The van der Waals surface area contributed by atoms with E-state index in [0.717, 1.165) is 11.3 Å². The number of carbonyl (C=O) groups excluding carboxylic acids is 3. The predicted molar refractivity (Wildman–Crippen MR) is 113 cm³/mol. The van der Waals surface area contributed by atoms with E-state index in [1.54, 1.807) is 0 Å². The van der Waals surface area contributed by atoms with Crippen molar-refractivity contribution in [3.05, 3.63) is 17.5 Å². The number of morpholine rings is 1. The molecular weight excluding hydrogens is 400 g/mol. The summed E-state index contributed by atoms with van der Waals surface area (Å²) in [6.45, 7) is 7.06. The summed E-state index contributed by atoms with van der Waals surface area (Å²) in [6.07, 6.45) is 4.55. The molecule has 2 aliphatic heterocycles. The van der Waals surface area contributed by atoms with Crippen LogP contribution < -0.4 is 0 Å². The number of carbonyl (C=O) groups is 3. The number of ether oxygens (including phenoxy) is 2. The molecule has 0 radical (unpaired) electrons. The molecule has 9 heteroatoms. The Hall–Kier alpha value is -2.42. The monoisotopic (exact) mass is 434 g/mol. The van der Waals surface area contributed by atoms with Crippen LogP contribution in [0.5, 0.6) is 0 Å². The van der Waals surface area contributed by atoms with Gasteiger partial charge in [0, 0.05) is 64.1 Å². The molecule has 0 aliphatic carbocycles. The van der Waals surface area contributed by atoms with Gasteiger partial charge >= 0.3 is 5.97 Å². The highest BCUT2D eigenvalue weighted by Gasteiger charge is 2.40. The standard InChI is InChI=1S/C22H34N4O5/c1-17-19(15-23-24(17)3)4-5-20(28)25-8-6-22(7-9-25,16-31-18(2)27)14-21(29)26-10-12-30-13-11-26/h15H,4-14,16H2,1-3H3. The topological polar surface area (TPSA) is 94.0 Å². The van der Waals surface area contributed by atoms with Crippen LogP contribution in [-0.2, 0) is 37.3 Å². The summed E-state index contributed by atoms with van der Waals surface area (Å²) in [6, 6.07) is 0. The smallest absolute Gasteiger partial charge is 0.302 e. The van der Waals surface area contributed by atoms with E-state index in [1.165, 1.54) is 6.92 Å². The van der Waals surface area contributed by atoms with Crippen LogP contribution in [0.3, 0.4) is 0 Å². The molecule has 1 aromatic heterocycles. The van der Waals surface area contributed by atoms with Crippen molar-refractivity contribution in [2.24, 2.45) is 12.5 Å². The molecule has 9 nitrogen and oxygen atoms in total. The van der Waals surface area contributed by atoms with Crippen LogP contribution in [0.15, 0.2) is 6.20 Å². The number of amides is 2. The zero-order chi connectivity index (χ0) is 22.4. The van der Waals surface area contributed by atoms with Crippen molar-refractivity contribution >= 4 is 17.8 Å². The summed E-state index contributed by atoms with van der Waals surface area (Å²) in [4.78, 5) is 40.8. The molecule has 31 heavy (non-hydrogen) atoms. The Morgan fingerprint density at radius 3 is 2.32 bits per heavy atom. The Balaban J connectivity index is 1.56. The lowest BCUT2D eigenvalue weighted by Gasteiger charge is -2.42. The first kappa shape index (κ1) is 23.2. The number of aromatic nitrogens is 2. The fourth-order valence-electron chi connectivity index (χ4n) is 4.29. The lowest BCUT2D eigenvalue weighted by Crippen LogP contribution is -2.49.